The first-order valence-electron chi connectivity index (χ1n) is 3.85. The zero-order valence-corrected chi connectivity index (χ0v) is 9.58. The average molecular weight is 281 g/mol. The number of nitrogens with zero attached hydrogens (tertiary/aromatic N) is 1. The van der Waals surface area contributed by atoms with Crippen LogP contribution >= 0.6 is 22.6 Å². The van der Waals surface area contributed by atoms with Crippen LogP contribution < -0.4 is 0 Å². The van der Waals surface area contributed by atoms with Gasteiger partial charge in [0, 0.05) is 10.3 Å². The molecule has 68 valence electrons. The fraction of sp³-hybridized carbons (Fsp3) is 0.750. The molecule has 1 aliphatic heterocycles. The molecule has 0 radical (unpaired) electrons. The summed E-state index contributed by atoms with van der Waals surface area (Å²) in [7, 11) is 0. The summed E-state index contributed by atoms with van der Waals surface area (Å²) in [5.74, 6) is 0.574. The van der Waals surface area contributed by atoms with Gasteiger partial charge in [-0.3, -0.25) is 0 Å². The molecular formula is C8H12INO2. The third-order valence-corrected chi connectivity index (χ3v) is 3.06. The van der Waals surface area contributed by atoms with Gasteiger partial charge < -0.3 is 4.74 Å². The molecule has 0 amide bonds. The molecule has 0 fully saturated rings. The van der Waals surface area contributed by atoms with Gasteiger partial charge in [-0.25, -0.2) is 9.79 Å². The number of hydrogen-bond donors (Lipinski definition) is 0. The molecule has 0 saturated carbocycles. The van der Waals surface area contributed by atoms with Crippen molar-refractivity contribution in [2.24, 2.45) is 10.9 Å². The van der Waals surface area contributed by atoms with Crippen LogP contribution in [-0.2, 0) is 9.53 Å². The van der Waals surface area contributed by atoms with Gasteiger partial charge in [0.15, 0.2) is 11.4 Å². The minimum atomic E-state index is -0.671. The van der Waals surface area contributed by atoms with Crippen molar-refractivity contribution in [1.82, 2.24) is 0 Å². The highest BCUT2D eigenvalue weighted by Crippen LogP contribution is 2.22. The van der Waals surface area contributed by atoms with Crippen molar-refractivity contribution in [2.45, 2.75) is 26.3 Å². The number of ether oxygens (including phenoxy) is 1. The zero-order valence-electron chi connectivity index (χ0n) is 7.43. The number of aliphatic imine (C=N–C) groups is 1. The maximum absolute atomic E-state index is 11.2. The molecule has 1 rings (SSSR count). The lowest BCUT2D eigenvalue weighted by Crippen LogP contribution is -2.25. The summed E-state index contributed by atoms with van der Waals surface area (Å²) in [6, 6.07) is 0. The average Bonchev–Trinajstić information content (AvgIpc) is 2.25. The van der Waals surface area contributed by atoms with E-state index in [-0.39, 0.29) is 11.9 Å². The molecule has 1 unspecified atom stereocenters. The molecule has 0 N–H and O–H groups in total. The van der Waals surface area contributed by atoms with Crippen molar-refractivity contribution in [1.29, 1.82) is 0 Å². The van der Waals surface area contributed by atoms with E-state index in [2.05, 4.69) is 27.6 Å². The number of halogens is 1. The molecule has 3 nitrogen and oxygen atoms in total. The smallest absolute Gasteiger partial charge is 0.340 e. The first kappa shape index (κ1) is 9.95. The summed E-state index contributed by atoms with van der Waals surface area (Å²) >= 11 is 2.25. The van der Waals surface area contributed by atoms with E-state index in [1.54, 1.807) is 13.8 Å². The number of carbonyl (C=O) groups excluding carboxylic acids is 1. The van der Waals surface area contributed by atoms with Crippen LogP contribution in [-0.4, -0.2) is 21.8 Å². The van der Waals surface area contributed by atoms with Crippen LogP contribution in [0, 0.1) is 5.92 Å². The number of alkyl halides is 1. The maximum atomic E-state index is 11.2. The third-order valence-electron chi connectivity index (χ3n) is 1.74. The molecule has 0 saturated heterocycles. The first-order chi connectivity index (χ1) is 5.47. The van der Waals surface area contributed by atoms with Crippen LogP contribution in [0.2, 0.25) is 0 Å². The molecule has 0 bridgehead atoms. The van der Waals surface area contributed by atoms with E-state index < -0.39 is 5.54 Å². The Bertz CT molecular complexity index is 235. The topological polar surface area (TPSA) is 38.7 Å². The molecule has 0 aromatic carbocycles. The van der Waals surface area contributed by atoms with E-state index in [0.29, 0.717) is 5.90 Å². The van der Waals surface area contributed by atoms with Crippen molar-refractivity contribution < 1.29 is 9.53 Å². The number of esters is 1. The van der Waals surface area contributed by atoms with Crippen LogP contribution in [0.1, 0.15) is 20.8 Å². The van der Waals surface area contributed by atoms with E-state index in [4.69, 9.17) is 4.74 Å². The molecule has 0 aliphatic carbocycles. The molecule has 0 aromatic rings. The summed E-state index contributed by atoms with van der Waals surface area (Å²) < 4.78 is 5.95. The lowest BCUT2D eigenvalue weighted by atomic mass is 10.1. The molecule has 12 heavy (non-hydrogen) atoms. The second-order valence-electron chi connectivity index (χ2n) is 3.45. The predicted octanol–water partition coefficient (Wildman–Crippen LogP) is 1.79. The zero-order chi connectivity index (χ0) is 9.35. The minimum Gasteiger partial charge on any atom is -0.410 e. The SMILES string of the molecule is CC(CI)C1=NC(C)(C)C(=O)O1. The Balaban J connectivity index is 2.79. The van der Waals surface area contributed by atoms with Gasteiger partial charge >= 0.3 is 5.97 Å². The van der Waals surface area contributed by atoms with E-state index >= 15 is 0 Å². The summed E-state index contributed by atoms with van der Waals surface area (Å²) in [5.41, 5.74) is -0.671. The number of rotatable bonds is 2. The fourth-order valence-electron chi connectivity index (χ4n) is 0.841. The van der Waals surface area contributed by atoms with Crippen LogP contribution in [0.25, 0.3) is 0 Å². The Morgan fingerprint density at radius 2 is 2.25 bits per heavy atom. The predicted molar refractivity (Wildman–Crippen MR) is 55.7 cm³/mol. The molecule has 1 heterocycles. The summed E-state index contributed by atoms with van der Waals surface area (Å²) in [6.07, 6.45) is 0. The Hall–Kier alpha value is -0.130. The van der Waals surface area contributed by atoms with Crippen LogP contribution in [0.5, 0.6) is 0 Å². The third kappa shape index (κ3) is 1.78. The lowest BCUT2D eigenvalue weighted by Gasteiger charge is -2.05. The van der Waals surface area contributed by atoms with E-state index in [1.165, 1.54) is 0 Å². The van der Waals surface area contributed by atoms with Crippen LogP contribution in [0.15, 0.2) is 4.99 Å². The normalized spacial score (nSPS) is 23.3. The highest BCUT2D eigenvalue weighted by molar-refractivity contribution is 14.1. The fourth-order valence-corrected chi connectivity index (χ4v) is 1.22. The van der Waals surface area contributed by atoms with Gasteiger partial charge in [-0.2, -0.15) is 0 Å². The van der Waals surface area contributed by atoms with Gasteiger partial charge in [0.1, 0.15) is 0 Å². The minimum absolute atomic E-state index is 0.233. The van der Waals surface area contributed by atoms with Crippen molar-refractivity contribution in [3.8, 4) is 0 Å². The Morgan fingerprint density at radius 3 is 2.58 bits per heavy atom. The van der Waals surface area contributed by atoms with E-state index in [1.807, 2.05) is 6.92 Å². The summed E-state index contributed by atoms with van der Waals surface area (Å²) in [6.45, 7) is 5.53. The van der Waals surface area contributed by atoms with Crippen LogP contribution in [0.3, 0.4) is 0 Å². The largest absolute Gasteiger partial charge is 0.410 e. The summed E-state index contributed by atoms with van der Waals surface area (Å²) in [4.78, 5) is 15.4. The van der Waals surface area contributed by atoms with Gasteiger partial charge in [0.25, 0.3) is 0 Å². The molecule has 4 heteroatoms. The number of hydrogen-bond acceptors (Lipinski definition) is 3. The second-order valence-corrected chi connectivity index (χ2v) is 4.33. The number of carbonyl (C=O) groups is 1. The highest BCUT2D eigenvalue weighted by Gasteiger charge is 2.38. The van der Waals surface area contributed by atoms with Gasteiger partial charge in [0.05, 0.1) is 0 Å². The highest BCUT2D eigenvalue weighted by atomic mass is 127. The quantitative estimate of drug-likeness (QED) is 0.440. The second kappa shape index (κ2) is 3.32. The van der Waals surface area contributed by atoms with Crippen molar-refractivity contribution in [3.63, 3.8) is 0 Å². The van der Waals surface area contributed by atoms with Crippen LogP contribution in [0.4, 0.5) is 0 Å². The van der Waals surface area contributed by atoms with Crippen molar-refractivity contribution >= 4 is 34.5 Å². The van der Waals surface area contributed by atoms with Crippen molar-refractivity contribution in [3.05, 3.63) is 0 Å². The Morgan fingerprint density at radius 1 is 1.67 bits per heavy atom. The Labute approximate surface area is 85.7 Å². The monoisotopic (exact) mass is 281 g/mol. The first-order valence-corrected chi connectivity index (χ1v) is 5.38. The molecule has 1 atom stereocenters. The van der Waals surface area contributed by atoms with E-state index in [0.717, 1.165) is 4.43 Å². The lowest BCUT2D eigenvalue weighted by molar-refractivity contribution is -0.138. The Kier molecular flexibility index (Phi) is 2.75. The summed E-state index contributed by atoms with van der Waals surface area (Å²) in [5, 5.41) is 0. The van der Waals surface area contributed by atoms with Gasteiger partial charge in [-0.15, -0.1) is 0 Å². The van der Waals surface area contributed by atoms with E-state index in [9.17, 15) is 4.79 Å². The van der Waals surface area contributed by atoms with Gasteiger partial charge in [0.2, 0.25) is 0 Å². The molecular weight excluding hydrogens is 269 g/mol. The molecule has 1 aliphatic rings. The molecule has 0 spiro atoms. The van der Waals surface area contributed by atoms with Crippen molar-refractivity contribution in [2.75, 3.05) is 4.43 Å². The maximum Gasteiger partial charge on any atom is 0.340 e. The van der Waals surface area contributed by atoms with Gasteiger partial charge in [-0.05, 0) is 13.8 Å². The van der Waals surface area contributed by atoms with Gasteiger partial charge in [-0.1, -0.05) is 29.5 Å². The number of cyclic esters (lactones) is 1. The molecule has 0 aromatic heterocycles. The standard InChI is InChI=1S/C8H12INO2/c1-5(4-9)6-10-8(2,3)7(11)12-6/h5H,4H2,1-3H3.